The van der Waals surface area contributed by atoms with Gasteiger partial charge in [0.2, 0.25) is 5.91 Å². The zero-order valence-corrected chi connectivity index (χ0v) is 10.5. The Hall–Kier alpha value is -1.09. The average molecular weight is 239 g/mol. The third-order valence-electron chi connectivity index (χ3n) is 2.66. The molecule has 0 radical (unpaired) electrons. The summed E-state index contributed by atoms with van der Waals surface area (Å²) in [6, 6.07) is 1.89. The summed E-state index contributed by atoms with van der Waals surface area (Å²) >= 11 is 5.87. The second kappa shape index (κ2) is 3.74. The smallest absolute Gasteiger partial charge is 0.228 e. The molecule has 0 atom stereocenters. The van der Waals surface area contributed by atoms with Gasteiger partial charge in [0.1, 0.15) is 0 Å². The van der Waals surface area contributed by atoms with E-state index in [9.17, 15) is 4.79 Å². The minimum absolute atomic E-state index is 0.154. The second-order valence-corrected chi connectivity index (χ2v) is 5.61. The van der Waals surface area contributed by atoms with E-state index in [4.69, 9.17) is 11.6 Å². The molecule has 1 aromatic rings. The molecular formula is C12H15ClN2O. The highest BCUT2D eigenvalue weighted by Gasteiger charge is 2.31. The van der Waals surface area contributed by atoms with Crippen molar-refractivity contribution in [2.75, 3.05) is 0 Å². The van der Waals surface area contributed by atoms with E-state index in [2.05, 4.69) is 4.98 Å². The molecule has 0 aliphatic carbocycles. The summed E-state index contributed by atoms with van der Waals surface area (Å²) in [6.45, 7) is 7.01. The fourth-order valence-corrected chi connectivity index (χ4v) is 2.03. The molecular weight excluding hydrogens is 224 g/mol. The number of hydrogen-bond donors (Lipinski definition) is 0. The lowest BCUT2D eigenvalue weighted by Crippen LogP contribution is -2.35. The summed E-state index contributed by atoms with van der Waals surface area (Å²) in [5.41, 5.74) is 1.68. The molecule has 0 unspecified atom stereocenters. The van der Waals surface area contributed by atoms with Gasteiger partial charge in [-0.2, -0.15) is 0 Å². The van der Waals surface area contributed by atoms with Crippen LogP contribution in [0.4, 0.5) is 0 Å². The van der Waals surface area contributed by atoms with Crippen LogP contribution in [0.15, 0.2) is 12.3 Å². The lowest BCUT2D eigenvalue weighted by molar-refractivity contribution is -0.140. The van der Waals surface area contributed by atoms with Gasteiger partial charge in [0, 0.05) is 18.2 Å². The molecule has 0 aromatic carbocycles. The van der Waals surface area contributed by atoms with Gasteiger partial charge < -0.3 is 4.90 Å². The molecule has 4 heteroatoms. The number of amides is 1. The second-order valence-electron chi connectivity index (χ2n) is 5.17. The number of fused-ring (bicyclic) bond motifs is 1. The molecule has 1 aliphatic rings. The quantitative estimate of drug-likeness (QED) is 0.696. The van der Waals surface area contributed by atoms with E-state index in [1.165, 1.54) is 0 Å². The topological polar surface area (TPSA) is 33.2 Å². The highest BCUT2D eigenvalue weighted by molar-refractivity contribution is 6.30. The van der Waals surface area contributed by atoms with Crippen LogP contribution in [0.1, 0.15) is 32.0 Å². The number of pyridine rings is 1. The van der Waals surface area contributed by atoms with Gasteiger partial charge in [0.15, 0.2) is 0 Å². The summed E-state index contributed by atoms with van der Waals surface area (Å²) in [6.07, 6.45) is 1.63. The third kappa shape index (κ3) is 2.05. The molecule has 16 heavy (non-hydrogen) atoms. The van der Waals surface area contributed by atoms with Crippen LogP contribution in [-0.2, 0) is 17.9 Å². The molecule has 0 saturated carbocycles. The van der Waals surface area contributed by atoms with Gasteiger partial charge in [0.25, 0.3) is 0 Å². The lowest BCUT2D eigenvalue weighted by atomic mass is 9.95. The molecule has 0 spiro atoms. The Morgan fingerprint density at radius 1 is 1.44 bits per heavy atom. The lowest BCUT2D eigenvalue weighted by Gasteiger charge is -2.24. The SMILES string of the molecule is CC(C)(C)C(=O)N1Cc2cc(Cl)cnc2C1. The average Bonchev–Trinajstić information content (AvgIpc) is 2.57. The van der Waals surface area contributed by atoms with Gasteiger partial charge in [-0.1, -0.05) is 32.4 Å². The van der Waals surface area contributed by atoms with Crippen LogP contribution >= 0.6 is 11.6 Å². The number of hydrogen-bond acceptors (Lipinski definition) is 2. The minimum Gasteiger partial charge on any atom is -0.332 e. The number of aromatic nitrogens is 1. The summed E-state index contributed by atoms with van der Waals surface area (Å²) in [4.78, 5) is 18.2. The van der Waals surface area contributed by atoms with Crippen molar-refractivity contribution in [1.29, 1.82) is 0 Å². The molecule has 1 aromatic heterocycles. The molecule has 0 saturated heterocycles. The fourth-order valence-electron chi connectivity index (χ4n) is 1.85. The Kier molecular flexibility index (Phi) is 2.66. The summed E-state index contributed by atoms with van der Waals surface area (Å²) < 4.78 is 0. The first-order valence-corrected chi connectivity index (χ1v) is 5.68. The van der Waals surface area contributed by atoms with Crippen molar-refractivity contribution >= 4 is 17.5 Å². The van der Waals surface area contributed by atoms with Gasteiger partial charge >= 0.3 is 0 Å². The Bertz CT molecular complexity index is 437. The Morgan fingerprint density at radius 3 is 2.75 bits per heavy atom. The number of carbonyl (C=O) groups excluding carboxylic acids is 1. The number of halogens is 1. The van der Waals surface area contributed by atoms with E-state index in [0.29, 0.717) is 18.1 Å². The van der Waals surface area contributed by atoms with Crippen molar-refractivity contribution in [2.24, 2.45) is 5.41 Å². The van der Waals surface area contributed by atoms with Gasteiger partial charge in [-0.3, -0.25) is 9.78 Å². The number of carbonyl (C=O) groups is 1. The molecule has 1 aliphatic heterocycles. The third-order valence-corrected chi connectivity index (χ3v) is 2.86. The Balaban J connectivity index is 2.20. The van der Waals surface area contributed by atoms with Crippen LogP contribution in [-0.4, -0.2) is 15.8 Å². The minimum atomic E-state index is -0.341. The number of rotatable bonds is 0. The highest BCUT2D eigenvalue weighted by atomic mass is 35.5. The maximum atomic E-state index is 12.1. The maximum Gasteiger partial charge on any atom is 0.228 e. The summed E-state index contributed by atoms with van der Waals surface area (Å²) in [5, 5.41) is 0.629. The normalized spacial score (nSPS) is 15.1. The van der Waals surface area contributed by atoms with E-state index in [1.807, 2.05) is 31.7 Å². The number of nitrogens with zero attached hydrogens (tertiary/aromatic N) is 2. The zero-order valence-electron chi connectivity index (χ0n) is 9.75. The van der Waals surface area contributed by atoms with Crippen molar-refractivity contribution in [3.05, 3.63) is 28.5 Å². The van der Waals surface area contributed by atoms with Crippen LogP contribution in [0.5, 0.6) is 0 Å². The standard InChI is InChI=1S/C12H15ClN2O/c1-12(2,3)11(16)15-6-8-4-9(13)5-14-10(8)7-15/h4-5H,6-7H2,1-3H3. The first-order valence-electron chi connectivity index (χ1n) is 5.30. The molecule has 2 rings (SSSR count). The van der Waals surface area contributed by atoms with Crippen molar-refractivity contribution < 1.29 is 4.79 Å². The van der Waals surface area contributed by atoms with Gasteiger partial charge in [-0.25, -0.2) is 0 Å². The Morgan fingerprint density at radius 2 is 2.12 bits per heavy atom. The fraction of sp³-hybridized carbons (Fsp3) is 0.500. The van der Waals surface area contributed by atoms with Gasteiger partial charge in [-0.15, -0.1) is 0 Å². The summed E-state index contributed by atoms with van der Waals surface area (Å²) in [5.74, 6) is 0.154. The Labute approximate surface area is 100 Å². The molecule has 0 N–H and O–H groups in total. The molecule has 2 heterocycles. The van der Waals surface area contributed by atoms with Crippen LogP contribution in [0.2, 0.25) is 5.02 Å². The van der Waals surface area contributed by atoms with Crippen molar-refractivity contribution in [1.82, 2.24) is 9.88 Å². The predicted octanol–water partition coefficient (Wildman–Crippen LogP) is 2.62. The van der Waals surface area contributed by atoms with E-state index in [1.54, 1.807) is 6.20 Å². The van der Waals surface area contributed by atoms with Crippen molar-refractivity contribution in [2.45, 2.75) is 33.9 Å². The van der Waals surface area contributed by atoms with E-state index >= 15 is 0 Å². The largest absolute Gasteiger partial charge is 0.332 e. The van der Waals surface area contributed by atoms with Crippen LogP contribution < -0.4 is 0 Å². The zero-order chi connectivity index (χ0) is 11.9. The molecule has 86 valence electrons. The predicted molar refractivity (Wildman–Crippen MR) is 63.0 cm³/mol. The van der Waals surface area contributed by atoms with Gasteiger partial charge in [0.05, 0.1) is 17.3 Å². The van der Waals surface area contributed by atoms with E-state index in [0.717, 1.165) is 11.3 Å². The van der Waals surface area contributed by atoms with Crippen LogP contribution in [0.25, 0.3) is 0 Å². The molecule has 0 fully saturated rings. The highest BCUT2D eigenvalue weighted by Crippen LogP contribution is 2.27. The van der Waals surface area contributed by atoms with E-state index < -0.39 is 0 Å². The molecule has 1 amide bonds. The van der Waals surface area contributed by atoms with Crippen LogP contribution in [0, 0.1) is 5.41 Å². The molecule has 0 bridgehead atoms. The van der Waals surface area contributed by atoms with Crippen molar-refractivity contribution in [3.8, 4) is 0 Å². The summed E-state index contributed by atoms with van der Waals surface area (Å²) in [7, 11) is 0. The van der Waals surface area contributed by atoms with Crippen molar-refractivity contribution in [3.63, 3.8) is 0 Å². The van der Waals surface area contributed by atoms with Gasteiger partial charge in [-0.05, 0) is 11.6 Å². The first-order chi connectivity index (χ1) is 7.38. The first kappa shape index (κ1) is 11.4. The maximum absolute atomic E-state index is 12.1. The van der Waals surface area contributed by atoms with E-state index in [-0.39, 0.29) is 11.3 Å². The monoisotopic (exact) mass is 238 g/mol. The molecule has 3 nitrogen and oxygen atoms in total. The van der Waals surface area contributed by atoms with Crippen LogP contribution in [0.3, 0.4) is 0 Å².